The lowest BCUT2D eigenvalue weighted by atomic mass is 9.89. The van der Waals surface area contributed by atoms with Crippen molar-refractivity contribution >= 4 is 46.4 Å². The molecule has 4 rings (SSSR count). The summed E-state index contributed by atoms with van der Waals surface area (Å²) in [6.45, 7) is 5.31. The Morgan fingerprint density at radius 2 is 1.75 bits per heavy atom. The Bertz CT molecular complexity index is 1390. The highest BCUT2D eigenvalue weighted by molar-refractivity contribution is 6.33. The summed E-state index contributed by atoms with van der Waals surface area (Å²) in [6, 6.07) is 13.4. The largest absolute Gasteiger partial charge is 0.495 e. The third-order valence-corrected chi connectivity index (χ3v) is 8.53. The Labute approximate surface area is 266 Å². The molecule has 0 atom stereocenters. The van der Waals surface area contributed by atoms with E-state index in [1.165, 1.54) is 31.0 Å². The van der Waals surface area contributed by atoms with Gasteiger partial charge in [-0.05, 0) is 81.1 Å². The van der Waals surface area contributed by atoms with E-state index in [-0.39, 0.29) is 5.91 Å². The van der Waals surface area contributed by atoms with Crippen LogP contribution in [-0.4, -0.2) is 60.4 Å². The third-order valence-electron chi connectivity index (χ3n) is 8.25. The summed E-state index contributed by atoms with van der Waals surface area (Å²) in [5, 5.41) is 9.40. The molecule has 3 aromatic rings. The lowest BCUT2D eigenvalue weighted by molar-refractivity contribution is -0.118. The lowest BCUT2D eigenvalue weighted by Crippen LogP contribution is -2.33. The predicted molar refractivity (Wildman–Crippen MR) is 178 cm³/mol. The van der Waals surface area contributed by atoms with E-state index in [1.54, 1.807) is 32.4 Å². The molecule has 2 aromatic carbocycles. The zero-order valence-corrected chi connectivity index (χ0v) is 26.9. The molecule has 1 saturated heterocycles. The van der Waals surface area contributed by atoms with E-state index in [2.05, 4.69) is 43.0 Å². The van der Waals surface area contributed by atoms with Gasteiger partial charge in [0.2, 0.25) is 5.95 Å². The maximum atomic E-state index is 12.3. The van der Waals surface area contributed by atoms with Gasteiger partial charge in [0, 0.05) is 19.9 Å². The molecule has 1 fully saturated rings. The van der Waals surface area contributed by atoms with Crippen molar-refractivity contribution in [2.75, 3.05) is 44.4 Å². The Hall–Kier alpha value is -3.69. The average molecular weight is 621 g/mol. The minimum atomic E-state index is -0.212. The standard InChI is InChI=1S/C34H45ClN6O3/c1-4-26(42)12-8-6-5-7-11-19-41-20-17-24(18-21-41)25-15-16-30(31(22-25)44-3)39-34-37-23-28(35)32(40-34)38-29-14-10-9-13-27(29)33(43)36-2/h9-10,13-16,22-24H,4-8,11-12,17-21H2,1-3H3,(H,36,43)(H2,37,38,39,40). The predicted octanol–water partition coefficient (Wildman–Crippen LogP) is 7.48. The molecule has 44 heavy (non-hydrogen) atoms. The highest BCUT2D eigenvalue weighted by atomic mass is 35.5. The van der Waals surface area contributed by atoms with Gasteiger partial charge < -0.3 is 25.6 Å². The molecule has 3 N–H and O–H groups in total. The van der Waals surface area contributed by atoms with E-state index >= 15 is 0 Å². The van der Waals surface area contributed by atoms with Gasteiger partial charge in [-0.1, -0.05) is 56.0 Å². The molecule has 0 bridgehead atoms. The van der Waals surface area contributed by atoms with Crippen molar-refractivity contribution in [3.63, 3.8) is 0 Å². The van der Waals surface area contributed by atoms with Crippen LogP contribution in [0.15, 0.2) is 48.7 Å². The van der Waals surface area contributed by atoms with Gasteiger partial charge in [0.1, 0.15) is 16.6 Å². The van der Waals surface area contributed by atoms with Gasteiger partial charge in [0.15, 0.2) is 5.82 Å². The summed E-state index contributed by atoms with van der Waals surface area (Å²) in [4.78, 5) is 35.2. The van der Waals surface area contributed by atoms with Crippen molar-refractivity contribution in [3.8, 4) is 5.75 Å². The monoisotopic (exact) mass is 620 g/mol. The molecule has 0 unspecified atom stereocenters. The number of aromatic nitrogens is 2. The highest BCUT2D eigenvalue weighted by Crippen LogP contribution is 2.35. The molecular formula is C34H45ClN6O3. The maximum Gasteiger partial charge on any atom is 0.253 e. The topological polar surface area (TPSA) is 108 Å². The minimum Gasteiger partial charge on any atom is -0.495 e. The van der Waals surface area contributed by atoms with Gasteiger partial charge >= 0.3 is 0 Å². The van der Waals surface area contributed by atoms with E-state index in [4.69, 9.17) is 16.3 Å². The van der Waals surface area contributed by atoms with Gasteiger partial charge in [-0.25, -0.2) is 4.98 Å². The molecular weight excluding hydrogens is 576 g/mol. The fourth-order valence-electron chi connectivity index (χ4n) is 5.61. The first-order valence-electron chi connectivity index (χ1n) is 15.7. The number of anilines is 4. The van der Waals surface area contributed by atoms with Crippen LogP contribution in [0.5, 0.6) is 5.75 Å². The van der Waals surface area contributed by atoms with Crippen molar-refractivity contribution in [2.24, 2.45) is 0 Å². The van der Waals surface area contributed by atoms with E-state index < -0.39 is 0 Å². The van der Waals surface area contributed by atoms with Crippen LogP contribution in [0.25, 0.3) is 0 Å². The molecule has 0 aliphatic carbocycles. The van der Waals surface area contributed by atoms with Gasteiger partial charge in [0.25, 0.3) is 5.91 Å². The number of para-hydroxylation sites is 1. The number of ether oxygens (including phenoxy) is 1. The Morgan fingerprint density at radius 3 is 2.50 bits per heavy atom. The summed E-state index contributed by atoms with van der Waals surface area (Å²) in [6.07, 6.45) is 11.1. The molecule has 10 heteroatoms. The number of benzene rings is 2. The number of nitrogens with zero attached hydrogens (tertiary/aromatic N) is 3. The molecule has 1 aromatic heterocycles. The second-order valence-corrected chi connectivity index (χ2v) is 11.7. The highest BCUT2D eigenvalue weighted by Gasteiger charge is 2.22. The van der Waals surface area contributed by atoms with Crippen molar-refractivity contribution in [1.82, 2.24) is 20.2 Å². The van der Waals surface area contributed by atoms with Gasteiger partial charge in [0.05, 0.1) is 30.2 Å². The number of hydrogen-bond acceptors (Lipinski definition) is 8. The Balaban J connectivity index is 1.30. The number of hydrogen-bond donors (Lipinski definition) is 3. The molecule has 0 radical (unpaired) electrons. The number of unbranched alkanes of at least 4 members (excludes halogenated alkanes) is 4. The number of amides is 1. The van der Waals surface area contributed by atoms with E-state index in [0.717, 1.165) is 63.2 Å². The van der Waals surface area contributed by atoms with Gasteiger partial charge in [-0.2, -0.15) is 4.98 Å². The minimum absolute atomic E-state index is 0.212. The fourth-order valence-corrected chi connectivity index (χ4v) is 5.75. The number of methoxy groups -OCH3 is 1. The SMILES string of the molecule is CCC(=O)CCCCCCCN1CCC(c2ccc(Nc3ncc(Cl)c(Nc4ccccc4C(=O)NC)n3)c(OC)c2)CC1. The first-order valence-corrected chi connectivity index (χ1v) is 16.1. The number of nitrogens with one attached hydrogen (secondary N) is 3. The molecule has 1 aliphatic heterocycles. The smallest absolute Gasteiger partial charge is 0.253 e. The number of halogens is 1. The first-order chi connectivity index (χ1) is 21.4. The van der Waals surface area contributed by atoms with Crippen LogP contribution < -0.4 is 20.7 Å². The van der Waals surface area contributed by atoms with E-state index in [1.807, 2.05) is 19.1 Å². The zero-order valence-electron chi connectivity index (χ0n) is 26.1. The number of carbonyl (C=O) groups is 2. The molecule has 236 valence electrons. The second-order valence-electron chi connectivity index (χ2n) is 11.3. The molecule has 0 saturated carbocycles. The lowest BCUT2D eigenvalue weighted by Gasteiger charge is -2.32. The molecule has 0 spiro atoms. The summed E-state index contributed by atoms with van der Waals surface area (Å²) >= 11 is 6.40. The molecule has 2 heterocycles. The zero-order chi connectivity index (χ0) is 31.3. The second kappa shape index (κ2) is 17.0. The number of Topliss-reactive ketones (excluding diaryl/α,β-unsaturated/α-hetero) is 1. The number of piperidine rings is 1. The average Bonchev–Trinajstić information content (AvgIpc) is 3.06. The summed E-state index contributed by atoms with van der Waals surface area (Å²) in [5.41, 5.74) is 3.10. The van der Waals surface area contributed by atoms with Gasteiger partial charge in [-0.3, -0.25) is 9.59 Å². The molecule has 1 aliphatic rings. The van der Waals surface area contributed by atoms with Crippen molar-refractivity contribution in [1.29, 1.82) is 0 Å². The van der Waals surface area contributed by atoms with Crippen LogP contribution in [0.4, 0.5) is 23.1 Å². The fraction of sp³-hybridized carbons (Fsp3) is 0.471. The van der Waals surface area contributed by atoms with E-state index in [9.17, 15) is 9.59 Å². The van der Waals surface area contributed by atoms with Crippen molar-refractivity contribution < 1.29 is 14.3 Å². The van der Waals surface area contributed by atoms with Crippen LogP contribution in [0, 0.1) is 0 Å². The number of rotatable bonds is 16. The van der Waals surface area contributed by atoms with Gasteiger partial charge in [-0.15, -0.1) is 0 Å². The Kier molecular flexibility index (Phi) is 12.8. The Morgan fingerprint density at radius 1 is 1.00 bits per heavy atom. The van der Waals surface area contributed by atoms with Crippen molar-refractivity contribution in [3.05, 3.63) is 64.8 Å². The van der Waals surface area contributed by atoms with Crippen LogP contribution >= 0.6 is 11.6 Å². The normalized spacial score (nSPS) is 13.8. The quantitative estimate of drug-likeness (QED) is 0.141. The summed E-state index contributed by atoms with van der Waals surface area (Å²) < 4.78 is 5.75. The van der Waals surface area contributed by atoms with E-state index in [0.29, 0.717) is 46.2 Å². The summed E-state index contributed by atoms with van der Waals surface area (Å²) in [5.74, 6) is 2.12. The number of ketones is 1. The van der Waals surface area contributed by atoms with Crippen LogP contribution in [0.2, 0.25) is 5.02 Å². The van der Waals surface area contributed by atoms with Crippen LogP contribution in [-0.2, 0) is 4.79 Å². The van der Waals surface area contributed by atoms with Crippen molar-refractivity contribution in [2.45, 2.75) is 70.6 Å². The number of carbonyl (C=O) groups excluding carboxylic acids is 2. The van der Waals surface area contributed by atoms with Crippen LogP contribution in [0.1, 0.15) is 86.6 Å². The number of likely N-dealkylation sites (tertiary alicyclic amines) is 1. The summed E-state index contributed by atoms with van der Waals surface area (Å²) in [7, 11) is 3.26. The maximum absolute atomic E-state index is 12.3. The first kappa shape index (κ1) is 33.2. The molecule has 1 amide bonds. The third kappa shape index (κ3) is 9.40. The molecule has 9 nitrogen and oxygen atoms in total. The van der Waals surface area contributed by atoms with Crippen LogP contribution in [0.3, 0.4) is 0 Å².